The second-order valence-corrected chi connectivity index (χ2v) is 8.55. The molecule has 1 aliphatic heterocycles. The third-order valence-corrected chi connectivity index (χ3v) is 6.12. The zero-order valence-electron chi connectivity index (χ0n) is 18.7. The van der Waals surface area contributed by atoms with Crippen molar-refractivity contribution in [2.45, 2.75) is 65.2 Å². The largest absolute Gasteiger partial charge is 0.395 e. The molecule has 4 nitrogen and oxygen atoms in total. The molecule has 5 heteroatoms. The molecule has 0 fully saturated rings. The van der Waals surface area contributed by atoms with Crippen molar-refractivity contribution in [3.8, 4) is 0 Å². The van der Waals surface area contributed by atoms with E-state index in [1.165, 1.54) is 30.9 Å². The highest BCUT2D eigenvalue weighted by Gasteiger charge is 2.37. The van der Waals surface area contributed by atoms with E-state index in [0.29, 0.717) is 17.1 Å². The predicted octanol–water partition coefficient (Wildman–Crippen LogP) is 6.50. The van der Waals surface area contributed by atoms with Gasteiger partial charge < -0.3 is 14.4 Å². The molecule has 0 unspecified atom stereocenters. The molecule has 0 saturated carbocycles. The predicted molar refractivity (Wildman–Crippen MR) is 127 cm³/mol. The average molecular weight is 442 g/mol. The van der Waals surface area contributed by atoms with Crippen LogP contribution >= 0.6 is 11.6 Å². The van der Waals surface area contributed by atoms with Crippen LogP contribution in [0.15, 0.2) is 48.7 Å². The molecule has 0 aliphatic carbocycles. The smallest absolute Gasteiger partial charge is 0.161 e. The summed E-state index contributed by atoms with van der Waals surface area (Å²) in [5.74, 6) is 0.0176. The first-order valence-corrected chi connectivity index (χ1v) is 11.5. The highest BCUT2D eigenvalue weighted by molar-refractivity contribution is 6.31. The number of hydrogen-bond donors (Lipinski definition) is 1. The van der Waals surface area contributed by atoms with Gasteiger partial charge in [-0.2, -0.15) is 0 Å². The van der Waals surface area contributed by atoms with Crippen LogP contribution < -0.4 is 0 Å². The molecule has 4 rings (SSSR count). The maximum atomic E-state index is 11.5. The topological polar surface area (TPSA) is 51.5 Å². The zero-order chi connectivity index (χ0) is 22.4. The van der Waals surface area contributed by atoms with Crippen LogP contribution in [-0.2, 0) is 23.5 Å². The van der Waals surface area contributed by atoms with E-state index in [9.17, 15) is 4.79 Å². The summed E-state index contributed by atoms with van der Waals surface area (Å²) >= 11 is 5.92. The Morgan fingerprint density at radius 2 is 1.87 bits per heavy atom. The fourth-order valence-electron chi connectivity index (χ4n) is 4.57. The fraction of sp³-hybridized carbons (Fsp3) is 0.423. The van der Waals surface area contributed by atoms with Crippen molar-refractivity contribution in [3.05, 3.63) is 70.4 Å². The molecule has 2 heterocycles. The molecule has 1 aromatic heterocycles. The lowest BCUT2D eigenvalue weighted by Crippen LogP contribution is -2.24. The van der Waals surface area contributed by atoms with Gasteiger partial charge in [0.25, 0.3) is 0 Å². The number of aliphatic hydroxyl groups is 1. The van der Waals surface area contributed by atoms with Gasteiger partial charge in [-0.1, -0.05) is 68.6 Å². The van der Waals surface area contributed by atoms with Gasteiger partial charge in [0.15, 0.2) is 5.78 Å². The summed E-state index contributed by atoms with van der Waals surface area (Å²) in [6.07, 6.45) is 6.44. The average Bonchev–Trinajstić information content (AvgIpc) is 3.29. The Morgan fingerprint density at radius 3 is 2.52 bits per heavy atom. The molecule has 166 valence electrons. The molecule has 0 spiro atoms. The van der Waals surface area contributed by atoms with Crippen LogP contribution in [0, 0.1) is 0 Å². The molecule has 0 atom stereocenters. The first kappa shape index (κ1) is 23.5. The minimum atomic E-state index is 0.0176. The number of ether oxygens (including phenoxy) is 1. The molecular weight excluding hydrogens is 410 g/mol. The molecule has 31 heavy (non-hydrogen) atoms. The number of nitrogens with zero attached hydrogens (tertiary/aromatic N) is 1. The maximum Gasteiger partial charge on any atom is 0.161 e. The van der Waals surface area contributed by atoms with Crippen LogP contribution in [0.5, 0.6) is 0 Å². The molecular formula is C26H32ClNO3. The Labute approximate surface area is 189 Å². The minimum Gasteiger partial charge on any atom is -0.395 e. The first-order chi connectivity index (χ1) is 15.0. The van der Waals surface area contributed by atoms with Crippen molar-refractivity contribution in [2.75, 3.05) is 6.61 Å². The van der Waals surface area contributed by atoms with Crippen molar-refractivity contribution >= 4 is 28.3 Å². The summed E-state index contributed by atoms with van der Waals surface area (Å²) in [6.45, 7) is 7.31. The maximum absolute atomic E-state index is 11.5. The quantitative estimate of drug-likeness (QED) is 0.425. The Morgan fingerprint density at radius 1 is 1.16 bits per heavy atom. The van der Waals surface area contributed by atoms with E-state index >= 15 is 0 Å². The number of aromatic nitrogens is 1. The van der Waals surface area contributed by atoms with Gasteiger partial charge >= 0.3 is 0 Å². The van der Waals surface area contributed by atoms with E-state index in [2.05, 4.69) is 38.1 Å². The van der Waals surface area contributed by atoms with E-state index in [4.69, 9.17) is 21.4 Å². The zero-order valence-corrected chi connectivity index (χ0v) is 19.4. The summed E-state index contributed by atoms with van der Waals surface area (Å²) in [5, 5.41) is 10.5. The van der Waals surface area contributed by atoms with Crippen molar-refractivity contribution in [3.63, 3.8) is 0 Å². The number of rotatable bonds is 7. The van der Waals surface area contributed by atoms with Crippen LogP contribution in [0.2, 0.25) is 5.02 Å². The summed E-state index contributed by atoms with van der Waals surface area (Å²) in [4.78, 5) is 11.5. The van der Waals surface area contributed by atoms with Gasteiger partial charge in [-0.25, -0.2) is 0 Å². The lowest BCUT2D eigenvalue weighted by Gasteiger charge is -2.29. The van der Waals surface area contributed by atoms with Gasteiger partial charge in [0.2, 0.25) is 0 Å². The summed E-state index contributed by atoms with van der Waals surface area (Å²) in [6, 6.07) is 14.1. The number of aliphatic hydroxyl groups excluding tert-OH is 1. The normalized spacial score (nSPS) is 14.2. The van der Waals surface area contributed by atoms with Crippen molar-refractivity contribution < 1.29 is 14.6 Å². The molecule has 0 bridgehead atoms. The van der Waals surface area contributed by atoms with Crippen LogP contribution in [0.1, 0.15) is 67.9 Å². The Balaban J connectivity index is 0.000000176. The second kappa shape index (κ2) is 10.4. The second-order valence-electron chi connectivity index (χ2n) is 8.12. The third kappa shape index (κ3) is 5.03. The number of fused-ring (bicyclic) bond motifs is 2. The first-order valence-electron chi connectivity index (χ1n) is 11.1. The van der Waals surface area contributed by atoms with Gasteiger partial charge in [0, 0.05) is 28.7 Å². The van der Waals surface area contributed by atoms with Crippen molar-refractivity contribution in [1.82, 2.24) is 4.57 Å². The number of carbonyl (C=O) groups excluding carboxylic acids is 1. The Bertz CT molecular complexity index is 1030. The van der Waals surface area contributed by atoms with Crippen molar-refractivity contribution in [1.29, 1.82) is 0 Å². The summed E-state index contributed by atoms with van der Waals surface area (Å²) < 4.78 is 7.94. The number of carbonyl (C=O) groups is 1. The van der Waals surface area contributed by atoms with E-state index in [1.807, 2.05) is 10.6 Å². The Kier molecular flexibility index (Phi) is 7.93. The number of ketones is 1. The van der Waals surface area contributed by atoms with Crippen LogP contribution in [0.4, 0.5) is 0 Å². The highest BCUT2D eigenvalue weighted by Crippen LogP contribution is 2.43. The van der Waals surface area contributed by atoms with Crippen LogP contribution in [-0.4, -0.2) is 22.1 Å². The summed E-state index contributed by atoms with van der Waals surface area (Å²) in [7, 11) is 0. The monoisotopic (exact) mass is 441 g/mol. The van der Waals surface area contributed by atoms with Crippen molar-refractivity contribution in [2.24, 2.45) is 0 Å². The molecule has 0 amide bonds. The standard InChI is InChI=1S/C14H20O.C12H12ClNO2/c1-3-9-14(10-4-2)13-8-6-5-7-12(13)11-15-14;1-8(16)11-7-14(4-5-15)12-6-9(13)2-3-10(11)12/h5-8H,3-4,9-11H2,1-2H3;2-3,6-7,15H,4-5H2,1H3. The molecule has 3 aromatic rings. The van der Waals surface area contributed by atoms with Gasteiger partial charge in [-0.05, 0) is 43.0 Å². The SMILES string of the molecule is CC(=O)c1cn(CCO)c2cc(Cl)ccc12.CCCC1(CCC)OCc2ccccc21. The van der Waals surface area contributed by atoms with E-state index in [1.54, 1.807) is 18.3 Å². The van der Waals surface area contributed by atoms with E-state index in [-0.39, 0.29) is 18.0 Å². The van der Waals surface area contributed by atoms with Crippen LogP contribution in [0.25, 0.3) is 10.9 Å². The van der Waals surface area contributed by atoms with Gasteiger partial charge in [-0.15, -0.1) is 0 Å². The molecule has 0 saturated heterocycles. The van der Waals surface area contributed by atoms with E-state index < -0.39 is 0 Å². The summed E-state index contributed by atoms with van der Waals surface area (Å²) in [5.41, 5.74) is 4.40. The van der Waals surface area contributed by atoms with Gasteiger partial charge in [-0.3, -0.25) is 4.79 Å². The third-order valence-electron chi connectivity index (χ3n) is 5.88. The van der Waals surface area contributed by atoms with Gasteiger partial charge in [0.05, 0.1) is 24.3 Å². The van der Waals surface area contributed by atoms with Gasteiger partial charge in [0.1, 0.15) is 0 Å². The minimum absolute atomic E-state index is 0.0176. The molecule has 2 aromatic carbocycles. The Hall–Kier alpha value is -2.14. The lowest BCUT2D eigenvalue weighted by atomic mass is 9.85. The highest BCUT2D eigenvalue weighted by atomic mass is 35.5. The van der Waals surface area contributed by atoms with E-state index in [0.717, 1.165) is 30.4 Å². The van der Waals surface area contributed by atoms with Crippen LogP contribution in [0.3, 0.4) is 0 Å². The number of Topliss-reactive ketones (excluding diaryl/α,β-unsaturated/α-hetero) is 1. The number of benzene rings is 2. The molecule has 0 radical (unpaired) electrons. The number of halogens is 1. The molecule has 1 N–H and O–H groups in total. The lowest BCUT2D eigenvalue weighted by molar-refractivity contribution is -0.0518. The molecule has 1 aliphatic rings. The fourth-order valence-corrected chi connectivity index (χ4v) is 4.74. The number of hydrogen-bond acceptors (Lipinski definition) is 3.